The minimum absolute atomic E-state index is 0.0321. The zero-order valence-corrected chi connectivity index (χ0v) is 13.2. The normalized spacial score (nSPS) is 14.0. The molecule has 0 saturated heterocycles. The minimum Gasteiger partial charge on any atom is -0.496 e. The first kappa shape index (κ1) is 14.1. The van der Waals surface area contributed by atoms with Crippen LogP contribution in [-0.4, -0.2) is 21.5 Å². The lowest BCUT2D eigenvalue weighted by molar-refractivity contribution is 0.407. The van der Waals surface area contributed by atoms with E-state index in [1.54, 1.807) is 7.11 Å². The monoisotopic (exact) mass is 309 g/mol. The molecule has 0 aliphatic carbocycles. The maximum absolute atomic E-state index is 12.8. The van der Waals surface area contributed by atoms with Gasteiger partial charge >= 0.3 is 0 Å². The molecule has 0 bridgehead atoms. The number of ether oxygens (including phenoxy) is 1. The second-order valence-corrected chi connectivity index (χ2v) is 5.96. The van der Waals surface area contributed by atoms with Gasteiger partial charge in [0.1, 0.15) is 5.75 Å². The third kappa shape index (κ3) is 2.32. The van der Waals surface area contributed by atoms with Crippen LogP contribution < -0.4 is 10.3 Å². The fourth-order valence-electron chi connectivity index (χ4n) is 3.40. The van der Waals surface area contributed by atoms with Crippen molar-refractivity contribution in [3.8, 4) is 5.75 Å². The molecule has 0 spiro atoms. The van der Waals surface area contributed by atoms with Gasteiger partial charge in [-0.15, -0.1) is 0 Å². The highest BCUT2D eigenvalue weighted by Gasteiger charge is 2.16. The van der Waals surface area contributed by atoms with Gasteiger partial charge in [0, 0.05) is 17.8 Å². The van der Waals surface area contributed by atoms with Crippen LogP contribution in [0.25, 0.3) is 10.9 Å². The average Bonchev–Trinajstić information content (AvgIpc) is 2.97. The summed E-state index contributed by atoms with van der Waals surface area (Å²) in [4.78, 5) is 12.8. The lowest BCUT2D eigenvalue weighted by atomic mass is 10.1. The number of methoxy groups -OCH3 is 1. The number of hydrogen-bond acceptors (Lipinski definition) is 3. The Morgan fingerprint density at radius 2 is 2.13 bits per heavy atom. The molecule has 0 unspecified atom stereocenters. The van der Waals surface area contributed by atoms with Gasteiger partial charge in [-0.2, -0.15) is 5.10 Å². The van der Waals surface area contributed by atoms with Crippen molar-refractivity contribution in [3.63, 3.8) is 0 Å². The van der Waals surface area contributed by atoms with Crippen molar-refractivity contribution in [2.75, 3.05) is 7.11 Å². The summed E-state index contributed by atoms with van der Waals surface area (Å²) in [6.07, 6.45) is 5.22. The van der Waals surface area contributed by atoms with Crippen LogP contribution >= 0.6 is 0 Å². The number of benzene rings is 1. The summed E-state index contributed by atoms with van der Waals surface area (Å²) < 4.78 is 9.12. The van der Waals surface area contributed by atoms with E-state index in [9.17, 15) is 4.79 Å². The highest BCUT2D eigenvalue weighted by molar-refractivity contribution is 5.79. The zero-order chi connectivity index (χ0) is 15.8. The molecule has 1 aliphatic heterocycles. The fourth-order valence-corrected chi connectivity index (χ4v) is 3.40. The lowest BCUT2D eigenvalue weighted by Crippen LogP contribution is -2.23. The van der Waals surface area contributed by atoms with E-state index >= 15 is 0 Å². The standard InChI is InChI=1S/C18H19N3O2/c1-23-17-8-3-2-6-13(17)12-21-18(22)15-10-14-7-4-5-9-20(14)16(15)11-19-21/h2-3,6,8,10-11H,4-5,7,9,12H2,1H3. The van der Waals surface area contributed by atoms with Crippen molar-refractivity contribution in [2.45, 2.75) is 32.4 Å². The summed E-state index contributed by atoms with van der Waals surface area (Å²) in [6.45, 7) is 1.40. The van der Waals surface area contributed by atoms with Crippen LogP contribution in [0.1, 0.15) is 24.1 Å². The molecular formula is C18H19N3O2. The van der Waals surface area contributed by atoms with Crippen LogP contribution in [0.2, 0.25) is 0 Å². The molecular weight excluding hydrogens is 290 g/mol. The van der Waals surface area contributed by atoms with Gasteiger partial charge in [0.25, 0.3) is 5.56 Å². The Labute approximate surface area is 134 Å². The Morgan fingerprint density at radius 3 is 3.00 bits per heavy atom. The molecule has 118 valence electrons. The van der Waals surface area contributed by atoms with Crippen LogP contribution in [0.5, 0.6) is 5.75 Å². The van der Waals surface area contributed by atoms with Gasteiger partial charge in [-0.25, -0.2) is 4.68 Å². The molecule has 0 amide bonds. The smallest absolute Gasteiger partial charge is 0.276 e. The summed E-state index contributed by atoms with van der Waals surface area (Å²) in [7, 11) is 1.64. The van der Waals surface area contributed by atoms with E-state index in [4.69, 9.17) is 4.74 Å². The number of nitrogens with zero attached hydrogens (tertiary/aromatic N) is 3. The van der Waals surface area contributed by atoms with Gasteiger partial charge in [-0.3, -0.25) is 4.79 Å². The van der Waals surface area contributed by atoms with Gasteiger partial charge in [0.2, 0.25) is 0 Å². The Hall–Kier alpha value is -2.56. The van der Waals surface area contributed by atoms with Crippen LogP contribution in [0.3, 0.4) is 0 Å². The van der Waals surface area contributed by atoms with Crippen molar-refractivity contribution >= 4 is 10.9 Å². The lowest BCUT2D eigenvalue weighted by Gasteiger charge is -2.15. The molecule has 5 nitrogen and oxygen atoms in total. The van der Waals surface area contributed by atoms with Crippen LogP contribution in [-0.2, 0) is 19.5 Å². The first-order valence-corrected chi connectivity index (χ1v) is 7.98. The van der Waals surface area contributed by atoms with Crippen molar-refractivity contribution in [1.29, 1.82) is 0 Å². The first-order valence-electron chi connectivity index (χ1n) is 7.98. The molecule has 0 saturated carbocycles. The van der Waals surface area contributed by atoms with E-state index in [1.165, 1.54) is 23.2 Å². The molecule has 0 radical (unpaired) electrons. The Morgan fingerprint density at radius 1 is 1.26 bits per heavy atom. The summed E-state index contributed by atoms with van der Waals surface area (Å²) >= 11 is 0. The zero-order valence-electron chi connectivity index (χ0n) is 13.2. The summed E-state index contributed by atoms with van der Waals surface area (Å²) in [5, 5.41) is 5.16. The quantitative estimate of drug-likeness (QED) is 0.747. The topological polar surface area (TPSA) is 49.0 Å². The number of fused-ring (bicyclic) bond motifs is 3. The van der Waals surface area contributed by atoms with Crippen molar-refractivity contribution in [2.24, 2.45) is 0 Å². The predicted octanol–water partition coefficient (Wildman–Crippen LogP) is 2.59. The van der Waals surface area contributed by atoms with Gasteiger partial charge < -0.3 is 9.30 Å². The molecule has 5 heteroatoms. The fraction of sp³-hybridized carbons (Fsp3) is 0.333. The Bertz CT molecular complexity index is 924. The van der Waals surface area contributed by atoms with Crippen molar-refractivity contribution < 1.29 is 4.74 Å². The molecule has 3 aromatic rings. The first-order chi connectivity index (χ1) is 11.3. The maximum Gasteiger partial charge on any atom is 0.276 e. The Kier molecular flexibility index (Phi) is 3.41. The van der Waals surface area contributed by atoms with Gasteiger partial charge in [0.15, 0.2) is 0 Å². The van der Waals surface area contributed by atoms with Crippen molar-refractivity contribution in [3.05, 3.63) is 58.1 Å². The Balaban J connectivity index is 1.79. The summed E-state index contributed by atoms with van der Waals surface area (Å²) in [6, 6.07) is 9.76. The van der Waals surface area contributed by atoms with Crippen LogP contribution in [0.4, 0.5) is 0 Å². The molecule has 0 atom stereocenters. The van der Waals surface area contributed by atoms with E-state index in [0.29, 0.717) is 6.54 Å². The van der Waals surface area contributed by atoms with E-state index in [-0.39, 0.29) is 5.56 Å². The molecule has 23 heavy (non-hydrogen) atoms. The highest BCUT2D eigenvalue weighted by atomic mass is 16.5. The minimum atomic E-state index is -0.0321. The van der Waals surface area contributed by atoms with Gasteiger partial charge in [-0.1, -0.05) is 18.2 Å². The third-order valence-electron chi connectivity index (χ3n) is 4.59. The summed E-state index contributed by atoms with van der Waals surface area (Å²) in [5.74, 6) is 0.775. The second-order valence-electron chi connectivity index (χ2n) is 5.96. The molecule has 2 aromatic heterocycles. The molecule has 0 fully saturated rings. The van der Waals surface area contributed by atoms with Crippen LogP contribution in [0, 0.1) is 0 Å². The summed E-state index contributed by atoms with van der Waals surface area (Å²) in [5.41, 5.74) is 3.13. The molecule has 1 aliphatic rings. The highest BCUT2D eigenvalue weighted by Crippen LogP contribution is 2.23. The third-order valence-corrected chi connectivity index (χ3v) is 4.59. The number of para-hydroxylation sites is 1. The molecule has 0 N–H and O–H groups in total. The number of aryl methyl sites for hydroxylation is 2. The molecule has 1 aromatic carbocycles. The SMILES string of the molecule is COc1ccccc1Cn1ncc2c(cc3n2CCCC3)c1=O. The number of rotatable bonds is 3. The van der Waals surface area contributed by atoms with Crippen LogP contribution in [0.15, 0.2) is 41.3 Å². The number of aromatic nitrogens is 3. The van der Waals surface area contributed by atoms with E-state index < -0.39 is 0 Å². The number of hydrogen-bond donors (Lipinski definition) is 0. The van der Waals surface area contributed by atoms with E-state index in [0.717, 1.165) is 35.2 Å². The second kappa shape index (κ2) is 5.57. The average molecular weight is 309 g/mol. The van der Waals surface area contributed by atoms with Gasteiger partial charge in [-0.05, 0) is 31.4 Å². The van der Waals surface area contributed by atoms with Gasteiger partial charge in [0.05, 0.1) is 30.8 Å². The predicted molar refractivity (Wildman–Crippen MR) is 89.0 cm³/mol. The molecule has 3 heterocycles. The van der Waals surface area contributed by atoms with E-state index in [1.807, 2.05) is 36.5 Å². The van der Waals surface area contributed by atoms with Crippen molar-refractivity contribution in [1.82, 2.24) is 14.3 Å². The largest absolute Gasteiger partial charge is 0.496 e. The van der Waals surface area contributed by atoms with E-state index in [2.05, 4.69) is 9.67 Å². The molecule has 4 rings (SSSR count). The maximum atomic E-state index is 12.8.